The molecule has 1 aromatic heterocycles. The van der Waals surface area contributed by atoms with Crippen molar-refractivity contribution in [1.82, 2.24) is 20.9 Å². The number of halogens is 1. The summed E-state index contributed by atoms with van der Waals surface area (Å²) in [5, 5.41) is 9.76. The smallest absolute Gasteiger partial charge is 0.252 e. The van der Waals surface area contributed by atoms with E-state index < -0.39 is 0 Å². The second-order valence-corrected chi connectivity index (χ2v) is 7.93. The van der Waals surface area contributed by atoms with E-state index in [4.69, 9.17) is 4.74 Å². The Morgan fingerprint density at radius 2 is 1.94 bits per heavy atom. The van der Waals surface area contributed by atoms with Crippen LogP contribution in [0.4, 0.5) is 0 Å². The molecule has 1 aromatic carbocycles. The predicted molar refractivity (Wildman–Crippen MR) is 132 cm³/mol. The summed E-state index contributed by atoms with van der Waals surface area (Å²) < 4.78 is 6.44. The molecule has 2 aromatic rings. The van der Waals surface area contributed by atoms with E-state index in [1.165, 1.54) is 18.4 Å². The van der Waals surface area contributed by atoms with Gasteiger partial charge < -0.3 is 20.7 Å². The minimum Gasteiger partial charge on any atom is -0.487 e. The molecule has 1 amide bonds. The van der Waals surface area contributed by atoms with Crippen LogP contribution in [0, 0.1) is 0 Å². The van der Waals surface area contributed by atoms with Crippen molar-refractivity contribution in [3.8, 4) is 5.75 Å². The zero-order valence-corrected chi connectivity index (χ0v) is 20.1. The Labute approximate surface area is 200 Å². The number of para-hydroxylation sites is 1. The van der Waals surface area contributed by atoms with Crippen LogP contribution in [-0.4, -0.2) is 42.6 Å². The van der Waals surface area contributed by atoms with Gasteiger partial charge in [0.25, 0.3) is 5.91 Å². The van der Waals surface area contributed by atoms with Crippen LogP contribution >= 0.6 is 24.0 Å². The van der Waals surface area contributed by atoms with Gasteiger partial charge in [0.05, 0.1) is 11.6 Å². The lowest BCUT2D eigenvalue weighted by Gasteiger charge is -2.40. The maximum atomic E-state index is 12.1. The molecule has 0 saturated heterocycles. The molecule has 2 heterocycles. The number of ether oxygens (including phenoxy) is 1. The first kappa shape index (κ1) is 23.3. The van der Waals surface area contributed by atoms with Crippen molar-refractivity contribution in [3.63, 3.8) is 0 Å². The third-order valence-corrected chi connectivity index (χ3v) is 5.87. The fourth-order valence-electron chi connectivity index (χ4n) is 4.39. The molecule has 1 spiro atoms. The molecule has 8 heteroatoms. The summed E-state index contributed by atoms with van der Waals surface area (Å²) in [4.78, 5) is 20.5. The summed E-state index contributed by atoms with van der Waals surface area (Å²) >= 11 is 0. The normalized spacial score (nSPS) is 19.0. The van der Waals surface area contributed by atoms with Gasteiger partial charge in [-0.2, -0.15) is 0 Å². The quantitative estimate of drug-likeness (QED) is 0.237. The number of aliphatic imine (C=N–C) groups is 1. The predicted octanol–water partition coefficient (Wildman–Crippen LogP) is 3.43. The van der Waals surface area contributed by atoms with Gasteiger partial charge in [0.2, 0.25) is 0 Å². The molecule has 7 nitrogen and oxygen atoms in total. The molecule has 1 aliphatic carbocycles. The number of carbonyl (C=O) groups is 1. The largest absolute Gasteiger partial charge is 0.487 e. The van der Waals surface area contributed by atoms with Crippen molar-refractivity contribution in [2.45, 2.75) is 43.7 Å². The minimum absolute atomic E-state index is 0. The van der Waals surface area contributed by atoms with Crippen LogP contribution < -0.4 is 20.7 Å². The van der Waals surface area contributed by atoms with Gasteiger partial charge in [0, 0.05) is 44.5 Å². The Morgan fingerprint density at radius 3 is 2.68 bits per heavy atom. The molecular weight excluding hydrogens is 505 g/mol. The molecular formula is C23H30IN5O2. The standard InChI is InChI=1S/C23H29N5O2.HI/c1-24-22(27-14-13-26-21(29)17-7-6-12-25-16-17)28-19-15-23(10-4-5-11-23)30-20-9-3-2-8-18(19)20;/h2-3,6-9,12,16,19H,4-5,10-11,13-15H2,1H3,(H,26,29)(H2,24,27,28);1H. The van der Waals surface area contributed by atoms with Crippen molar-refractivity contribution >= 4 is 35.8 Å². The highest BCUT2D eigenvalue weighted by Crippen LogP contribution is 2.46. The van der Waals surface area contributed by atoms with Gasteiger partial charge in [0.15, 0.2) is 5.96 Å². The Bertz CT molecular complexity index is 900. The van der Waals surface area contributed by atoms with Gasteiger partial charge in [-0.3, -0.25) is 14.8 Å². The Kier molecular flexibility index (Phi) is 8.11. The number of hydrogen-bond acceptors (Lipinski definition) is 4. The highest BCUT2D eigenvalue weighted by Gasteiger charge is 2.43. The topological polar surface area (TPSA) is 87.6 Å². The number of pyridine rings is 1. The lowest BCUT2D eigenvalue weighted by Crippen LogP contribution is -2.47. The molecule has 1 fully saturated rings. The number of hydrogen-bond donors (Lipinski definition) is 3. The van der Waals surface area contributed by atoms with Gasteiger partial charge >= 0.3 is 0 Å². The third kappa shape index (κ3) is 5.66. The number of guanidine groups is 1. The fraction of sp³-hybridized carbons (Fsp3) is 0.435. The summed E-state index contributed by atoms with van der Waals surface area (Å²) in [6.45, 7) is 1.06. The van der Waals surface area contributed by atoms with E-state index in [0.717, 1.165) is 31.0 Å². The molecule has 0 bridgehead atoms. The number of aromatic nitrogens is 1. The Morgan fingerprint density at radius 1 is 1.16 bits per heavy atom. The van der Waals surface area contributed by atoms with E-state index in [-0.39, 0.29) is 41.5 Å². The lowest BCUT2D eigenvalue weighted by atomic mass is 9.86. The Hall–Kier alpha value is -2.36. The van der Waals surface area contributed by atoms with Crippen LogP contribution in [0.1, 0.15) is 54.1 Å². The van der Waals surface area contributed by atoms with Gasteiger partial charge in [-0.25, -0.2) is 0 Å². The SMILES string of the molecule is CN=C(NCCNC(=O)c1cccnc1)NC1CC2(CCCC2)Oc2ccccc21.I. The van der Waals surface area contributed by atoms with Gasteiger partial charge in [0.1, 0.15) is 11.4 Å². The number of nitrogens with zero attached hydrogens (tertiary/aromatic N) is 2. The summed E-state index contributed by atoms with van der Waals surface area (Å²) in [5.74, 6) is 1.57. The van der Waals surface area contributed by atoms with Gasteiger partial charge in [-0.1, -0.05) is 18.2 Å². The van der Waals surface area contributed by atoms with E-state index >= 15 is 0 Å². The summed E-state index contributed by atoms with van der Waals surface area (Å²) in [6.07, 6.45) is 8.79. The average molecular weight is 535 g/mol. The second-order valence-electron chi connectivity index (χ2n) is 7.93. The maximum absolute atomic E-state index is 12.1. The lowest BCUT2D eigenvalue weighted by molar-refractivity contribution is 0.0396. The van der Waals surface area contributed by atoms with E-state index in [2.05, 4.69) is 38.1 Å². The van der Waals surface area contributed by atoms with Crippen molar-refractivity contribution in [2.24, 2.45) is 4.99 Å². The number of amides is 1. The molecule has 1 atom stereocenters. The van der Waals surface area contributed by atoms with Crippen molar-refractivity contribution < 1.29 is 9.53 Å². The molecule has 3 N–H and O–H groups in total. The zero-order chi connectivity index (χ0) is 20.8. The van der Waals surface area contributed by atoms with Crippen LogP contribution in [0.5, 0.6) is 5.75 Å². The molecule has 31 heavy (non-hydrogen) atoms. The molecule has 1 aliphatic heterocycles. The first-order valence-corrected chi connectivity index (χ1v) is 10.6. The van der Waals surface area contributed by atoms with Crippen LogP contribution in [-0.2, 0) is 0 Å². The van der Waals surface area contributed by atoms with Crippen LogP contribution in [0.2, 0.25) is 0 Å². The van der Waals surface area contributed by atoms with Crippen molar-refractivity contribution in [1.29, 1.82) is 0 Å². The molecule has 1 unspecified atom stereocenters. The number of fused-ring (bicyclic) bond motifs is 1. The number of rotatable bonds is 5. The molecule has 1 saturated carbocycles. The van der Waals surface area contributed by atoms with E-state index in [1.54, 1.807) is 31.6 Å². The average Bonchev–Trinajstić information content (AvgIpc) is 3.23. The van der Waals surface area contributed by atoms with Gasteiger partial charge in [-0.15, -0.1) is 24.0 Å². The molecule has 2 aliphatic rings. The molecule has 166 valence electrons. The summed E-state index contributed by atoms with van der Waals surface area (Å²) in [6, 6.07) is 11.9. The minimum atomic E-state index is -0.130. The van der Waals surface area contributed by atoms with Crippen molar-refractivity contribution in [3.05, 3.63) is 59.9 Å². The summed E-state index contributed by atoms with van der Waals surface area (Å²) in [5.41, 5.74) is 1.66. The monoisotopic (exact) mass is 535 g/mol. The number of carbonyl (C=O) groups excluding carboxylic acids is 1. The first-order valence-electron chi connectivity index (χ1n) is 10.6. The van der Waals surface area contributed by atoms with Gasteiger partial charge in [-0.05, 0) is 43.9 Å². The maximum Gasteiger partial charge on any atom is 0.252 e. The molecule has 4 rings (SSSR count). The van der Waals surface area contributed by atoms with Crippen LogP contribution in [0.3, 0.4) is 0 Å². The van der Waals surface area contributed by atoms with E-state index in [1.807, 2.05) is 12.1 Å². The zero-order valence-electron chi connectivity index (χ0n) is 17.8. The first-order chi connectivity index (χ1) is 14.7. The third-order valence-electron chi connectivity index (χ3n) is 5.87. The van der Waals surface area contributed by atoms with Crippen LogP contribution in [0.25, 0.3) is 0 Å². The Balaban J connectivity index is 0.00000272. The summed E-state index contributed by atoms with van der Waals surface area (Å²) in [7, 11) is 1.76. The highest BCUT2D eigenvalue weighted by molar-refractivity contribution is 14.0. The fourth-order valence-corrected chi connectivity index (χ4v) is 4.39. The van der Waals surface area contributed by atoms with Crippen LogP contribution in [0.15, 0.2) is 53.8 Å². The number of nitrogens with one attached hydrogen (secondary N) is 3. The second kappa shape index (κ2) is 10.8. The van der Waals surface area contributed by atoms with E-state index in [9.17, 15) is 4.79 Å². The molecule has 0 radical (unpaired) electrons. The van der Waals surface area contributed by atoms with Crippen molar-refractivity contribution in [2.75, 3.05) is 20.1 Å². The van der Waals surface area contributed by atoms with E-state index in [0.29, 0.717) is 18.7 Å². The highest BCUT2D eigenvalue weighted by atomic mass is 127. The number of benzene rings is 1.